The number of ether oxygens (including phenoxy) is 1. The Labute approximate surface area is 210 Å². The van der Waals surface area contributed by atoms with E-state index in [-0.39, 0.29) is 12.1 Å². The number of fused-ring (bicyclic) bond motifs is 1. The number of carboxylic acids is 2. The summed E-state index contributed by atoms with van der Waals surface area (Å²) in [5, 5.41) is 14.2. The van der Waals surface area contributed by atoms with Gasteiger partial charge in [-0.25, -0.2) is 23.9 Å². The van der Waals surface area contributed by atoms with E-state index in [1.165, 1.54) is 12.4 Å². The Balaban J connectivity index is 0.000000301. The van der Waals surface area contributed by atoms with Crippen molar-refractivity contribution >= 4 is 17.9 Å². The number of likely N-dealkylation sites (tertiary alicyclic amines) is 1. The molecule has 2 aliphatic heterocycles. The number of anilines is 1. The fourth-order valence-corrected chi connectivity index (χ4v) is 3.98. The van der Waals surface area contributed by atoms with Crippen LogP contribution in [-0.4, -0.2) is 88.3 Å². The largest absolute Gasteiger partial charge is 0.490 e. The van der Waals surface area contributed by atoms with E-state index in [0.29, 0.717) is 11.9 Å². The lowest BCUT2D eigenvalue weighted by Gasteiger charge is -2.41. The first kappa shape index (κ1) is 30.8. The van der Waals surface area contributed by atoms with Crippen molar-refractivity contribution in [3.63, 3.8) is 0 Å². The molecule has 212 valence electrons. The van der Waals surface area contributed by atoms with Gasteiger partial charge in [0.1, 0.15) is 5.76 Å². The van der Waals surface area contributed by atoms with Crippen LogP contribution in [0.2, 0.25) is 0 Å². The number of halogens is 7. The number of nitrogens with zero attached hydrogens (tertiary/aromatic N) is 4. The Morgan fingerprint density at radius 3 is 2.08 bits per heavy atom. The smallest absolute Gasteiger partial charge is 0.475 e. The van der Waals surface area contributed by atoms with E-state index in [2.05, 4.69) is 19.8 Å². The van der Waals surface area contributed by atoms with Gasteiger partial charge in [0.2, 0.25) is 5.95 Å². The molecule has 2 aromatic rings. The number of hydrogen-bond donors (Lipinski definition) is 2. The van der Waals surface area contributed by atoms with Crippen molar-refractivity contribution in [2.24, 2.45) is 5.92 Å². The normalized spacial score (nSPS) is 21.5. The lowest BCUT2D eigenvalue weighted by atomic mass is 9.89. The predicted octanol–water partition coefficient (Wildman–Crippen LogP) is 3.20. The Bertz CT molecular complexity index is 1010. The van der Waals surface area contributed by atoms with E-state index in [1.54, 1.807) is 13.4 Å². The summed E-state index contributed by atoms with van der Waals surface area (Å²) in [6.07, 6.45) is -4.85. The van der Waals surface area contributed by atoms with Crippen LogP contribution in [0.15, 0.2) is 35.2 Å². The summed E-state index contributed by atoms with van der Waals surface area (Å²) < 4.78 is 87.8. The quantitative estimate of drug-likeness (QED) is 0.538. The minimum absolute atomic E-state index is 0.230. The van der Waals surface area contributed by atoms with Gasteiger partial charge in [0, 0.05) is 32.7 Å². The third-order valence-corrected chi connectivity index (χ3v) is 5.55. The number of hydrogen-bond acceptors (Lipinski definition) is 8. The summed E-state index contributed by atoms with van der Waals surface area (Å²) in [6, 6.07) is 4.18. The van der Waals surface area contributed by atoms with Crippen LogP contribution in [0.5, 0.6) is 0 Å². The van der Waals surface area contributed by atoms with Gasteiger partial charge in [-0.1, -0.05) is 0 Å². The van der Waals surface area contributed by atoms with Gasteiger partial charge in [-0.3, -0.25) is 4.90 Å². The van der Waals surface area contributed by atoms with Crippen molar-refractivity contribution < 1.29 is 59.7 Å². The van der Waals surface area contributed by atoms with Crippen molar-refractivity contribution in [1.29, 1.82) is 0 Å². The molecule has 17 heteroatoms. The van der Waals surface area contributed by atoms with E-state index in [0.717, 1.165) is 38.4 Å². The maximum atomic E-state index is 13.1. The second-order valence-corrected chi connectivity index (χ2v) is 8.07. The van der Waals surface area contributed by atoms with Gasteiger partial charge in [-0.15, -0.1) is 0 Å². The number of aliphatic carboxylic acids is 2. The first-order chi connectivity index (χ1) is 17.6. The van der Waals surface area contributed by atoms with Crippen LogP contribution < -0.4 is 4.90 Å². The third kappa shape index (κ3) is 8.83. The van der Waals surface area contributed by atoms with Gasteiger partial charge < -0.3 is 24.3 Å². The van der Waals surface area contributed by atoms with Gasteiger partial charge in [-0.2, -0.15) is 26.3 Å². The molecule has 38 heavy (non-hydrogen) atoms. The molecule has 0 saturated carbocycles. The lowest BCUT2D eigenvalue weighted by Crippen LogP contribution is -2.52. The molecule has 0 spiro atoms. The van der Waals surface area contributed by atoms with Crippen molar-refractivity contribution in [2.45, 2.75) is 37.5 Å². The molecular formula is C21H23F7N4O6. The van der Waals surface area contributed by atoms with Crippen molar-refractivity contribution in [3.8, 4) is 0 Å². The average molecular weight is 560 g/mol. The zero-order chi connectivity index (χ0) is 28.7. The zero-order valence-electron chi connectivity index (χ0n) is 19.6. The maximum absolute atomic E-state index is 13.1. The van der Waals surface area contributed by atoms with Crippen LogP contribution in [0.1, 0.15) is 12.2 Å². The molecule has 0 unspecified atom stereocenters. The summed E-state index contributed by atoms with van der Waals surface area (Å²) in [4.78, 5) is 30.7. The molecular weight excluding hydrogens is 537 g/mol. The van der Waals surface area contributed by atoms with E-state index >= 15 is 0 Å². The van der Waals surface area contributed by atoms with Crippen LogP contribution in [0, 0.1) is 11.7 Å². The highest BCUT2D eigenvalue weighted by Crippen LogP contribution is 2.34. The van der Waals surface area contributed by atoms with Crippen molar-refractivity contribution in [1.82, 2.24) is 14.9 Å². The highest BCUT2D eigenvalue weighted by atomic mass is 19.4. The standard InChI is InChI=1S/C17H21FN4O2.2C2HF3O2/c1-23-16-4-5-22(17-19-7-12(18)8-20-17)15-11-21(10-14(15)16)9-13-3-2-6-24-13;2*3-2(4,5)1(6)7/h2-3,6-8,14-16H,4-5,9-11H2,1H3;2*(H,6,7)/t14-,15+,16-;;/m0../s1. The second kappa shape index (κ2) is 12.9. The summed E-state index contributed by atoms with van der Waals surface area (Å²) in [5.74, 6) is -3.98. The first-order valence-electron chi connectivity index (χ1n) is 10.8. The molecule has 4 rings (SSSR count). The summed E-state index contributed by atoms with van der Waals surface area (Å²) in [6.45, 7) is 3.45. The molecule has 3 atom stereocenters. The molecule has 0 bridgehead atoms. The summed E-state index contributed by atoms with van der Waals surface area (Å²) in [5.41, 5.74) is 0. The van der Waals surface area contributed by atoms with Crippen LogP contribution >= 0.6 is 0 Å². The summed E-state index contributed by atoms with van der Waals surface area (Å²) in [7, 11) is 1.78. The molecule has 2 aromatic heterocycles. The molecule has 4 heterocycles. The molecule has 2 aliphatic rings. The molecule has 10 nitrogen and oxygen atoms in total. The van der Waals surface area contributed by atoms with E-state index in [4.69, 9.17) is 29.0 Å². The number of aromatic nitrogens is 2. The number of methoxy groups -OCH3 is 1. The van der Waals surface area contributed by atoms with Gasteiger partial charge in [0.05, 0.1) is 37.3 Å². The number of alkyl halides is 6. The highest BCUT2D eigenvalue weighted by molar-refractivity contribution is 5.73. The van der Waals surface area contributed by atoms with Crippen molar-refractivity contribution in [3.05, 3.63) is 42.4 Å². The van der Waals surface area contributed by atoms with Gasteiger partial charge >= 0.3 is 24.3 Å². The van der Waals surface area contributed by atoms with Crippen LogP contribution in [-0.2, 0) is 20.9 Å². The number of rotatable bonds is 4. The van der Waals surface area contributed by atoms with Gasteiger partial charge in [0.15, 0.2) is 5.82 Å². The number of carbonyl (C=O) groups is 2. The lowest BCUT2D eigenvalue weighted by molar-refractivity contribution is -0.193. The Morgan fingerprint density at radius 1 is 1.08 bits per heavy atom. The number of piperidine rings is 1. The highest BCUT2D eigenvalue weighted by Gasteiger charge is 2.45. The van der Waals surface area contributed by atoms with Crippen LogP contribution in [0.25, 0.3) is 0 Å². The Kier molecular flexibility index (Phi) is 10.4. The maximum Gasteiger partial charge on any atom is 0.490 e. The van der Waals surface area contributed by atoms with E-state index in [1.807, 2.05) is 12.1 Å². The first-order valence-corrected chi connectivity index (χ1v) is 10.8. The molecule has 0 aliphatic carbocycles. The van der Waals surface area contributed by atoms with Crippen molar-refractivity contribution in [2.75, 3.05) is 31.6 Å². The zero-order valence-corrected chi connectivity index (χ0v) is 19.6. The third-order valence-electron chi connectivity index (χ3n) is 5.55. The van der Waals surface area contributed by atoms with E-state index < -0.39 is 30.1 Å². The molecule has 2 N–H and O–H groups in total. The van der Waals surface area contributed by atoms with Crippen LogP contribution in [0.3, 0.4) is 0 Å². The number of furan rings is 1. The molecule has 0 amide bonds. The second-order valence-electron chi connectivity index (χ2n) is 8.07. The molecule has 0 aromatic carbocycles. The summed E-state index contributed by atoms with van der Waals surface area (Å²) >= 11 is 0. The van der Waals surface area contributed by atoms with E-state index in [9.17, 15) is 30.7 Å². The fraction of sp³-hybridized carbons (Fsp3) is 0.524. The molecule has 2 saturated heterocycles. The minimum Gasteiger partial charge on any atom is -0.475 e. The monoisotopic (exact) mass is 560 g/mol. The minimum atomic E-state index is -5.08. The van der Waals surface area contributed by atoms with Gasteiger partial charge in [-0.05, 0) is 18.6 Å². The molecule has 0 radical (unpaired) electrons. The predicted molar refractivity (Wildman–Crippen MR) is 113 cm³/mol. The number of carboxylic acid groups (broad SMARTS) is 2. The Hall–Kier alpha value is -3.47. The average Bonchev–Trinajstić information content (AvgIpc) is 3.49. The fourth-order valence-electron chi connectivity index (χ4n) is 3.98. The SMILES string of the molecule is CO[C@H]1CCN(c2ncc(F)cn2)[C@@H]2CN(Cc3ccco3)C[C@H]12.O=C(O)C(F)(F)F.O=C(O)C(F)(F)F. The topological polar surface area (TPSA) is 129 Å². The Morgan fingerprint density at radius 2 is 1.63 bits per heavy atom. The van der Waals surface area contributed by atoms with Crippen LogP contribution in [0.4, 0.5) is 36.7 Å². The molecule has 2 fully saturated rings. The van der Waals surface area contributed by atoms with Gasteiger partial charge in [0.25, 0.3) is 0 Å².